The first kappa shape index (κ1) is 14.0. The van der Waals surface area contributed by atoms with Crippen LogP contribution in [0.5, 0.6) is 5.75 Å². The van der Waals surface area contributed by atoms with E-state index >= 15 is 0 Å². The van der Waals surface area contributed by atoms with E-state index in [4.69, 9.17) is 16.3 Å². The lowest BCUT2D eigenvalue weighted by molar-refractivity contribution is 0.0851. The van der Waals surface area contributed by atoms with E-state index in [1.807, 2.05) is 24.3 Å². The zero-order valence-electron chi connectivity index (χ0n) is 10.9. The molecule has 0 radical (unpaired) electrons. The summed E-state index contributed by atoms with van der Waals surface area (Å²) in [4.78, 5) is 12.4. The largest absolute Gasteiger partial charge is 0.493 e. The fraction of sp³-hybridized carbons (Fsp3) is 0.188. The molecule has 0 N–H and O–H groups in total. The highest BCUT2D eigenvalue weighted by Crippen LogP contribution is 2.30. The number of Topliss-reactive ketones (excluding diaryl/α,β-unsaturated/α-hetero) is 1. The van der Waals surface area contributed by atoms with Gasteiger partial charge in [-0.25, -0.2) is 8.78 Å². The molecule has 3 rings (SSSR count). The summed E-state index contributed by atoms with van der Waals surface area (Å²) in [5, 5.41) is -0.655. The normalized spacial score (nSPS) is 17.0. The molecule has 1 atom stereocenters. The molecular formula is C16H11ClF2O2. The summed E-state index contributed by atoms with van der Waals surface area (Å²) in [7, 11) is 0. The molecule has 2 nitrogen and oxygen atoms in total. The van der Waals surface area contributed by atoms with E-state index in [2.05, 4.69) is 0 Å². The van der Waals surface area contributed by atoms with Crippen molar-refractivity contribution in [1.82, 2.24) is 0 Å². The van der Waals surface area contributed by atoms with E-state index in [1.165, 1.54) is 0 Å². The third-order valence-electron chi connectivity index (χ3n) is 3.55. The van der Waals surface area contributed by atoms with E-state index in [0.29, 0.717) is 6.42 Å². The van der Waals surface area contributed by atoms with Crippen molar-refractivity contribution in [3.05, 3.63) is 64.2 Å². The minimum Gasteiger partial charge on any atom is -0.493 e. The Labute approximate surface area is 125 Å². The van der Waals surface area contributed by atoms with Gasteiger partial charge in [0.15, 0.2) is 11.6 Å². The minimum absolute atomic E-state index is 0.171. The first-order valence-electron chi connectivity index (χ1n) is 6.46. The van der Waals surface area contributed by atoms with Gasteiger partial charge < -0.3 is 4.74 Å². The van der Waals surface area contributed by atoms with Gasteiger partial charge >= 0.3 is 0 Å². The lowest BCUT2D eigenvalue weighted by atomic mass is 9.89. The summed E-state index contributed by atoms with van der Waals surface area (Å²) in [6.45, 7) is 0.171. The summed E-state index contributed by atoms with van der Waals surface area (Å²) >= 11 is 5.51. The van der Waals surface area contributed by atoms with Crippen LogP contribution in [0.3, 0.4) is 0 Å². The van der Waals surface area contributed by atoms with Gasteiger partial charge in [-0.15, -0.1) is 0 Å². The third-order valence-corrected chi connectivity index (χ3v) is 3.90. The lowest BCUT2D eigenvalue weighted by Gasteiger charge is -2.24. The quantitative estimate of drug-likeness (QED) is 0.618. The molecule has 108 valence electrons. The fourth-order valence-corrected chi connectivity index (χ4v) is 2.60. The summed E-state index contributed by atoms with van der Waals surface area (Å²) < 4.78 is 32.6. The molecule has 0 aromatic heterocycles. The highest BCUT2D eigenvalue weighted by Gasteiger charge is 2.29. The number of benzene rings is 2. The van der Waals surface area contributed by atoms with Gasteiger partial charge in [0.25, 0.3) is 0 Å². The van der Waals surface area contributed by atoms with E-state index in [-0.39, 0.29) is 12.2 Å². The highest BCUT2D eigenvalue weighted by atomic mass is 35.5. The second-order valence-electron chi connectivity index (χ2n) is 4.91. The second-order valence-corrected chi connectivity index (χ2v) is 5.28. The van der Waals surface area contributed by atoms with Crippen molar-refractivity contribution in [2.45, 2.75) is 6.42 Å². The zero-order valence-corrected chi connectivity index (χ0v) is 11.7. The van der Waals surface area contributed by atoms with Crippen LogP contribution < -0.4 is 4.74 Å². The molecule has 0 amide bonds. The van der Waals surface area contributed by atoms with Crippen LogP contribution in [0, 0.1) is 17.6 Å². The van der Waals surface area contributed by atoms with Crippen LogP contribution in [0.4, 0.5) is 8.78 Å². The maximum Gasteiger partial charge on any atom is 0.172 e. The van der Waals surface area contributed by atoms with Crippen LogP contribution in [0.25, 0.3) is 0 Å². The van der Waals surface area contributed by atoms with Crippen LogP contribution in [0.1, 0.15) is 15.9 Å². The monoisotopic (exact) mass is 308 g/mol. The van der Waals surface area contributed by atoms with Crippen molar-refractivity contribution >= 4 is 17.4 Å². The number of carbonyl (C=O) groups is 1. The first-order valence-corrected chi connectivity index (χ1v) is 6.84. The predicted molar refractivity (Wildman–Crippen MR) is 74.8 cm³/mol. The predicted octanol–water partition coefficient (Wildman–Crippen LogP) is 4.05. The molecule has 1 unspecified atom stereocenters. The van der Waals surface area contributed by atoms with Gasteiger partial charge in [0.05, 0.1) is 18.1 Å². The number of ether oxygens (including phenoxy) is 1. The average molecular weight is 309 g/mol. The molecule has 0 saturated carbocycles. The number of hydrogen-bond acceptors (Lipinski definition) is 2. The van der Waals surface area contributed by atoms with Gasteiger partial charge in [-0.05, 0) is 30.2 Å². The van der Waals surface area contributed by atoms with Crippen LogP contribution in [0.2, 0.25) is 5.02 Å². The maximum atomic E-state index is 13.9. The van der Waals surface area contributed by atoms with Gasteiger partial charge in [-0.1, -0.05) is 29.8 Å². The zero-order chi connectivity index (χ0) is 15.0. The van der Waals surface area contributed by atoms with Crippen LogP contribution in [-0.4, -0.2) is 12.4 Å². The molecule has 0 spiro atoms. The van der Waals surface area contributed by atoms with Crippen molar-refractivity contribution in [3.8, 4) is 5.75 Å². The Bertz CT molecular complexity index is 715. The second kappa shape index (κ2) is 5.45. The van der Waals surface area contributed by atoms with E-state index in [9.17, 15) is 13.6 Å². The Morgan fingerprint density at radius 3 is 2.76 bits per heavy atom. The smallest absolute Gasteiger partial charge is 0.172 e. The lowest BCUT2D eigenvalue weighted by Crippen LogP contribution is -2.29. The summed E-state index contributed by atoms with van der Waals surface area (Å²) in [6, 6.07) is 9.51. The van der Waals surface area contributed by atoms with E-state index in [1.54, 1.807) is 0 Å². The van der Waals surface area contributed by atoms with Gasteiger partial charge in [-0.2, -0.15) is 0 Å². The Morgan fingerprint density at radius 1 is 1.19 bits per heavy atom. The number of fused-ring (bicyclic) bond motifs is 1. The summed E-state index contributed by atoms with van der Waals surface area (Å²) in [6.07, 6.45) is 0.462. The third kappa shape index (κ3) is 2.51. The molecule has 2 aromatic rings. The molecule has 0 bridgehead atoms. The molecule has 0 fully saturated rings. The number of hydrogen-bond donors (Lipinski definition) is 0. The molecule has 2 aromatic carbocycles. The molecule has 21 heavy (non-hydrogen) atoms. The van der Waals surface area contributed by atoms with Gasteiger partial charge in [0, 0.05) is 0 Å². The molecule has 1 heterocycles. The summed E-state index contributed by atoms with van der Waals surface area (Å²) in [5.41, 5.74) is 0.699. The minimum atomic E-state index is -1.01. The number of rotatable bonds is 2. The number of ketones is 1. The Kier molecular flexibility index (Phi) is 3.64. The fourth-order valence-electron chi connectivity index (χ4n) is 2.43. The summed E-state index contributed by atoms with van der Waals surface area (Å²) in [5.74, 6) is -2.09. The molecular weight excluding hydrogens is 298 g/mol. The van der Waals surface area contributed by atoms with Crippen molar-refractivity contribution < 1.29 is 18.3 Å². The van der Waals surface area contributed by atoms with Crippen molar-refractivity contribution in [2.24, 2.45) is 5.92 Å². The van der Waals surface area contributed by atoms with Gasteiger partial charge in [-0.3, -0.25) is 4.79 Å². The van der Waals surface area contributed by atoms with Crippen LogP contribution >= 0.6 is 11.6 Å². The number of carbonyl (C=O) groups excluding carboxylic acids is 1. The van der Waals surface area contributed by atoms with E-state index in [0.717, 1.165) is 23.4 Å². The van der Waals surface area contributed by atoms with Crippen molar-refractivity contribution in [3.63, 3.8) is 0 Å². The van der Waals surface area contributed by atoms with Gasteiger partial charge in [0.1, 0.15) is 16.6 Å². The number of para-hydroxylation sites is 1. The Hall–Kier alpha value is -1.94. The van der Waals surface area contributed by atoms with Crippen molar-refractivity contribution in [2.75, 3.05) is 6.61 Å². The Balaban J connectivity index is 1.89. The van der Waals surface area contributed by atoms with Gasteiger partial charge in [0.2, 0.25) is 0 Å². The maximum absolute atomic E-state index is 13.9. The van der Waals surface area contributed by atoms with E-state index < -0.39 is 28.4 Å². The molecule has 5 heteroatoms. The SMILES string of the molecule is O=C(c1ccc(F)c(Cl)c1F)C1COc2ccccc2C1. The van der Waals surface area contributed by atoms with Crippen LogP contribution in [0.15, 0.2) is 36.4 Å². The highest BCUT2D eigenvalue weighted by molar-refractivity contribution is 6.31. The Morgan fingerprint density at radius 2 is 1.95 bits per heavy atom. The number of halogens is 3. The topological polar surface area (TPSA) is 26.3 Å². The standard InChI is InChI=1S/C16H11ClF2O2/c17-14-12(18)6-5-11(15(14)19)16(20)10-7-9-3-1-2-4-13(9)21-8-10/h1-6,10H,7-8H2. The molecule has 0 saturated heterocycles. The molecule has 1 aliphatic rings. The molecule has 1 aliphatic heterocycles. The average Bonchev–Trinajstić information content (AvgIpc) is 2.52. The van der Waals surface area contributed by atoms with Crippen molar-refractivity contribution in [1.29, 1.82) is 0 Å². The first-order chi connectivity index (χ1) is 10.1. The molecule has 0 aliphatic carbocycles. The van der Waals surface area contributed by atoms with Crippen LogP contribution in [-0.2, 0) is 6.42 Å².